The molecule has 0 aromatic heterocycles. The van der Waals surface area contributed by atoms with Gasteiger partial charge in [0.05, 0.1) is 4.90 Å². The van der Waals surface area contributed by atoms with Gasteiger partial charge in [-0.2, -0.15) is 0 Å². The minimum atomic E-state index is -3.65. The third kappa shape index (κ3) is 3.43. The summed E-state index contributed by atoms with van der Waals surface area (Å²) in [7, 11) is -3.65. The first-order chi connectivity index (χ1) is 12.5. The van der Waals surface area contributed by atoms with Crippen LogP contribution in [-0.4, -0.2) is 20.1 Å². The van der Waals surface area contributed by atoms with Crippen LogP contribution in [0.4, 0.5) is 0 Å². The molecule has 2 aliphatic carbocycles. The van der Waals surface area contributed by atoms with E-state index in [1.807, 2.05) is 36.4 Å². The van der Waals surface area contributed by atoms with Crippen LogP contribution in [0, 0.1) is 5.92 Å². The zero-order valence-electron chi connectivity index (χ0n) is 14.8. The predicted octanol–water partition coefficient (Wildman–Crippen LogP) is 3.14. The van der Waals surface area contributed by atoms with Crippen LogP contribution in [0.5, 0.6) is 0 Å². The molecule has 0 heterocycles. The summed E-state index contributed by atoms with van der Waals surface area (Å²) in [5.41, 5.74) is 2.02. The lowest BCUT2D eigenvalue weighted by Crippen LogP contribution is -2.42. The van der Waals surface area contributed by atoms with Crippen LogP contribution in [-0.2, 0) is 28.5 Å². The maximum atomic E-state index is 12.8. The Labute approximate surface area is 155 Å². The summed E-state index contributed by atoms with van der Waals surface area (Å²) in [5, 5.41) is 11.2. The quantitative estimate of drug-likeness (QED) is 0.820. The van der Waals surface area contributed by atoms with E-state index in [0.29, 0.717) is 4.90 Å². The van der Waals surface area contributed by atoms with E-state index >= 15 is 0 Å². The van der Waals surface area contributed by atoms with E-state index in [1.54, 1.807) is 12.1 Å². The van der Waals surface area contributed by atoms with Crippen molar-refractivity contribution in [1.29, 1.82) is 0 Å². The molecule has 2 aromatic rings. The molecule has 138 valence electrons. The molecule has 1 atom stereocenters. The monoisotopic (exact) mass is 371 g/mol. The molecule has 4 rings (SSSR count). The molecule has 1 unspecified atom stereocenters. The predicted molar refractivity (Wildman–Crippen MR) is 101 cm³/mol. The van der Waals surface area contributed by atoms with Gasteiger partial charge in [-0.05, 0) is 73.3 Å². The minimum absolute atomic E-state index is 0.00109. The van der Waals surface area contributed by atoms with E-state index in [2.05, 4.69) is 4.72 Å². The van der Waals surface area contributed by atoms with Gasteiger partial charge in [0, 0.05) is 6.54 Å². The zero-order valence-corrected chi connectivity index (χ0v) is 15.6. The first kappa shape index (κ1) is 17.7. The number of hydrogen-bond donors (Lipinski definition) is 2. The SMILES string of the molecule is O=S(=O)(NCC(O)(c1ccccc1)C1CC1)c1ccc2c(c1)CCCC2. The van der Waals surface area contributed by atoms with E-state index in [9.17, 15) is 13.5 Å². The summed E-state index contributed by atoms with van der Waals surface area (Å²) in [6, 6.07) is 14.8. The van der Waals surface area contributed by atoms with Crippen LogP contribution in [0.2, 0.25) is 0 Å². The van der Waals surface area contributed by atoms with Gasteiger partial charge in [-0.15, -0.1) is 0 Å². The number of nitrogens with one attached hydrogen (secondary N) is 1. The van der Waals surface area contributed by atoms with E-state index in [1.165, 1.54) is 12.0 Å². The van der Waals surface area contributed by atoms with Gasteiger partial charge in [-0.25, -0.2) is 13.1 Å². The lowest BCUT2D eigenvalue weighted by atomic mass is 9.89. The topological polar surface area (TPSA) is 66.4 Å². The van der Waals surface area contributed by atoms with Gasteiger partial charge in [0.25, 0.3) is 0 Å². The Kier molecular flexibility index (Phi) is 4.63. The molecule has 0 radical (unpaired) electrons. The highest BCUT2D eigenvalue weighted by atomic mass is 32.2. The molecule has 26 heavy (non-hydrogen) atoms. The van der Waals surface area contributed by atoms with Gasteiger partial charge in [-0.3, -0.25) is 0 Å². The molecule has 1 saturated carbocycles. The number of aryl methyl sites for hydroxylation is 2. The number of benzene rings is 2. The van der Waals surface area contributed by atoms with Crippen LogP contribution in [0.1, 0.15) is 42.4 Å². The highest BCUT2D eigenvalue weighted by molar-refractivity contribution is 7.89. The molecule has 0 spiro atoms. The molecule has 0 aliphatic heterocycles. The summed E-state index contributed by atoms with van der Waals surface area (Å²) < 4.78 is 28.3. The molecular weight excluding hydrogens is 346 g/mol. The fourth-order valence-electron chi connectivity index (χ4n) is 3.94. The maximum absolute atomic E-state index is 12.8. The van der Waals surface area contributed by atoms with Crippen molar-refractivity contribution in [3.8, 4) is 0 Å². The standard InChI is InChI=1S/C21H25NO3S/c23-21(19-11-12-19,18-8-2-1-3-9-18)15-22-26(24,25)20-13-10-16-6-4-5-7-17(16)14-20/h1-3,8-10,13-14,19,22-23H,4-7,11-12,15H2. The first-order valence-corrected chi connectivity index (χ1v) is 10.9. The van der Waals surface area contributed by atoms with Crippen molar-refractivity contribution in [2.45, 2.75) is 49.0 Å². The van der Waals surface area contributed by atoms with Gasteiger partial charge in [0.1, 0.15) is 5.60 Å². The van der Waals surface area contributed by atoms with Gasteiger partial charge in [0.2, 0.25) is 10.0 Å². The van der Waals surface area contributed by atoms with E-state index in [0.717, 1.165) is 43.2 Å². The van der Waals surface area contributed by atoms with Crippen molar-refractivity contribution >= 4 is 10.0 Å². The van der Waals surface area contributed by atoms with Crippen LogP contribution < -0.4 is 4.72 Å². The molecule has 0 bridgehead atoms. The smallest absolute Gasteiger partial charge is 0.240 e. The lowest BCUT2D eigenvalue weighted by Gasteiger charge is -2.29. The van der Waals surface area contributed by atoms with E-state index in [4.69, 9.17) is 0 Å². The van der Waals surface area contributed by atoms with Crippen molar-refractivity contribution in [2.24, 2.45) is 5.92 Å². The van der Waals surface area contributed by atoms with Crippen LogP contribution in [0.25, 0.3) is 0 Å². The van der Waals surface area contributed by atoms with E-state index < -0.39 is 15.6 Å². The van der Waals surface area contributed by atoms with Crippen LogP contribution >= 0.6 is 0 Å². The van der Waals surface area contributed by atoms with Crippen molar-refractivity contribution < 1.29 is 13.5 Å². The Bertz CT molecular complexity index is 891. The summed E-state index contributed by atoms with van der Waals surface area (Å²) >= 11 is 0. The van der Waals surface area contributed by atoms with E-state index in [-0.39, 0.29) is 12.5 Å². The Morgan fingerprint density at radius 3 is 2.38 bits per heavy atom. The second-order valence-corrected chi connectivity index (χ2v) is 9.29. The second kappa shape index (κ2) is 6.80. The summed E-state index contributed by atoms with van der Waals surface area (Å²) in [6.07, 6.45) is 6.09. The van der Waals surface area contributed by atoms with Crippen LogP contribution in [0.15, 0.2) is 53.4 Å². The Hall–Kier alpha value is -1.69. The van der Waals surface area contributed by atoms with Crippen molar-refractivity contribution in [1.82, 2.24) is 4.72 Å². The largest absolute Gasteiger partial charge is 0.383 e. The molecular formula is C21H25NO3S. The lowest BCUT2D eigenvalue weighted by molar-refractivity contribution is 0.0185. The molecule has 2 N–H and O–H groups in total. The van der Waals surface area contributed by atoms with Gasteiger partial charge >= 0.3 is 0 Å². The highest BCUT2D eigenvalue weighted by Gasteiger charge is 2.45. The molecule has 2 aliphatic rings. The minimum Gasteiger partial charge on any atom is -0.383 e. The van der Waals surface area contributed by atoms with Gasteiger partial charge < -0.3 is 5.11 Å². The molecule has 0 amide bonds. The highest BCUT2D eigenvalue weighted by Crippen LogP contribution is 2.45. The average Bonchev–Trinajstić information content (AvgIpc) is 3.52. The molecule has 5 heteroatoms. The molecule has 1 fully saturated rings. The number of rotatable bonds is 6. The van der Waals surface area contributed by atoms with Gasteiger partial charge in [0.15, 0.2) is 0 Å². The normalized spacial score (nSPS) is 19.6. The van der Waals surface area contributed by atoms with Gasteiger partial charge in [-0.1, -0.05) is 36.4 Å². The van der Waals surface area contributed by atoms with Crippen LogP contribution in [0.3, 0.4) is 0 Å². The summed E-state index contributed by atoms with van der Waals surface area (Å²) in [5.74, 6) is 0.108. The number of sulfonamides is 1. The Morgan fingerprint density at radius 2 is 1.69 bits per heavy atom. The number of aliphatic hydroxyl groups is 1. The third-order valence-corrected chi connectivity index (χ3v) is 7.09. The fraction of sp³-hybridized carbons (Fsp3) is 0.429. The van der Waals surface area contributed by atoms with Crippen molar-refractivity contribution in [3.05, 3.63) is 65.2 Å². The Morgan fingerprint density at radius 1 is 1.00 bits per heavy atom. The third-order valence-electron chi connectivity index (χ3n) is 5.69. The maximum Gasteiger partial charge on any atom is 0.240 e. The number of hydrogen-bond acceptors (Lipinski definition) is 3. The van der Waals surface area contributed by atoms with Crippen molar-refractivity contribution in [3.63, 3.8) is 0 Å². The fourth-order valence-corrected chi connectivity index (χ4v) is 5.06. The molecule has 4 nitrogen and oxygen atoms in total. The molecule has 2 aromatic carbocycles. The molecule has 0 saturated heterocycles. The summed E-state index contributed by atoms with van der Waals surface area (Å²) in [6.45, 7) is 0.00109. The second-order valence-electron chi connectivity index (χ2n) is 7.53. The zero-order chi connectivity index (χ0) is 18.2. The number of fused-ring (bicyclic) bond motifs is 1. The summed E-state index contributed by atoms with van der Waals surface area (Å²) in [4.78, 5) is 0.296. The Balaban J connectivity index is 1.56. The van der Waals surface area contributed by atoms with Crippen molar-refractivity contribution in [2.75, 3.05) is 6.54 Å². The average molecular weight is 372 g/mol. The first-order valence-electron chi connectivity index (χ1n) is 9.38.